The highest BCUT2D eigenvalue weighted by atomic mass is 15.1. The number of benzene rings is 1. The minimum absolute atomic E-state index is 0.206. The zero-order valence-corrected chi connectivity index (χ0v) is 12.3. The molecule has 3 heteroatoms. The second kappa shape index (κ2) is 6.42. The molecule has 20 heavy (non-hydrogen) atoms. The number of nitrogen functional groups attached to an aromatic ring is 1. The lowest BCUT2D eigenvalue weighted by molar-refractivity contribution is 0.723. The molecular weight excluding hydrogens is 246 g/mol. The molecule has 2 N–H and O–H groups in total. The van der Waals surface area contributed by atoms with Gasteiger partial charge in [0.15, 0.2) is 0 Å². The zero-order valence-electron chi connectivity index (χ0n) is 12.3. The summed E-state index contributed by atoms with van der Waals surface area (Å²) in [7, 11) is 0. The van der Waals surface area contributed by atoms with E-state index in [9.17, 15) is 0 Å². The van der Waals surface area contributed by atoms with Gasteiger partial charge in [-0.1, -0.05) is 50.3 Å². The third-order valence-corrected chi connectivity index (χ3v) is 3.61. The van der Waals surface area contributed by atoms with Crippen molar-refractivity contribution in [2.24, 2.45) is 0 Å². The highest BCUT2D eigenvalue weighted by Crippen LogP contribution is 2.29. The first-order chi connectivity index (χ1) is 9.69. The van der Waals surface area contributed by atoms with Crippen molar-refractivity contribution < 1.29 is 0 Å². The van der Waals surface area contributed by atoms with Crippen LogP contribution in [0.15, 0.2) is 43.0 Å². The maximum atomic E-state index is 6.31. The fraction of sp³-hybridized carbons (Fsp3) is 0.353. The molecule has 1 aromatic carbocycles. The molecule has 0 spiro atoms. The topological polar surface area (TPSA) is 43.8 Å². The van der Waals surface area contributed by atoms with Crippen molar-refractivity contribution in [1.82, 2.24) is 9.55 Å². The molecular formula is C17H23N3. The van der Waals surface area contributed by atoms with Crippen LogP contribution in [0, 0.1) is 0 Å². The van der Waals surface area contributed by atoms with E-state index >= 15 is 0 Å². The molecule has 1 atom stereocenters. The first kappa shape index (κ1) is 14.4. The Morgan fingerprint density at radius 1 is 1.35 bits per heavy atom. The minimum atomic E-state index is 0.206. The molecule has 1 aromatic heterocycles. The van der Waals surface area contributed by atoms with E-state index in [-0.39, 0.29) is 5.92 Å². The molecule has 0 aliphatic rings. The second-order valence-corrected chi connectivity index (χ2v) is 5.08. The number of allylic oxidation sites excluding steroid dienone is 1. The first-order valence-corrected chi connectivity index (χ1v) is 7.19. The average molecular weight is 269 g/mol. The largest absolute Gasteiger partial charge is 0.384 e. The van der Waals surface area contributed by atoms with E-state index in [0.717, 1.165) is 36.7 Å². The molecule has 0 saturated heterocycles. The molecule has 0 bridgehead atoms. The molecule has 0 fully saturated rings. The maximum Gasteiger partial charge on any atom is 0.127 e. The number of hydrogen-bond acceptors (Lipinski definition) is 2. The number of rotatable bonds is 6. The molecule has 106 valence electrons. The summed E-state index contributed by atoms with van der Waals surface area (Å²) in [6.07, 6.45) is 3.88. The molecule has 1 unspecified atom stereocenters. The van der Waals surface area contributed by atoms with Crippen LogP contribution in [0.5, 0.6) is 0 Å². The van der Waals surface area contributed by atoms with Crippen LogP contribution in [-0.4, -0.2) is 9.55 Å². The number of nitrogens with two attached hydrogens (primary N) is 1. The van der Waals surface area contributed by atoms with Crippen LogP contribution in [0.1, 0.15) is 43.3 Å². The quantitative estimate of drug-likeness (QED) is 0.811. The van der Waals surface area contributed by atoms with Gasteiger partial charge in [0.1, 0.15) is 11.6 Å². The van der Waals surface area contributed by atoms with Crippen molar-refractivity contribution in [3.8, 4) is 0 Å². The number of aryl methyl sites for hydroxylation is 1. The van der Waals surface area contributed by atoms with Gasteiger partial charge in [-0.05, 0) is 12.0 Å². The predicted molar refractivity (Wildman–Crippen MR) is 84.8 cm³/mol. The van der Waals surface area contributed by atoms with Crippen molar-refractivity contribution in [2.75, 3.05) is 5.73 Å². The molecule has 2 aromatic rings. The van der Waals surface area contributed by atoms with E-state index < -0.39 is 0 Å². The third kappa shape index (κ3) is 2.77. The lowest BCUT2D eigenvalue weighted by Crippen LogP contribution is -2.07. The summed E-state index contributed by atoms with van der Waals surface area (Å²) < 4.78 is 2.07. The van der Waals surface area contributed by atoms with E-state index in [1.165, 1.54) is 5.56 Å². The first-order valence-electron chi connectivity index (χ1n) is 7.19. The van der Waals surface area contributed by atoms with Gasteiger partial charge in [-0.3, -0.25) is 0 Å². The van der Waals surface area contributed by atoms with Crippen molar-refractivity contribution in [1.29, 1.82) is 0 Å². The molecule has 0 amide bonds. The molecule has 1 heterocycles. The van der Waals surface area contributed by atoms with Crippen LogP contribution in [0.4, 0.5) is 5.82 Å². The van der Waals surface area contributed by atoms with Gasteiger partial charge in [-0.15, -0.1) is 6.58 Å². The summed E-state index contributed by atoms with van der Waals surface area (Å²) in [6, 6.07) is 10.4. The van der Waals surface area contributed by atoms with Gasteiger partial charge < -0.3 is 10.3 Å². The molecule has 0 radical (unpaired) electrons. The van der Waals surface area contributed by atoms with E-state index in [4.69, 9.17) is 10.7 Å². The van der Waals surface area contributed by atoms with Crippen molar-refractivity contribution in [3.05, 3.63) is 60.1 Å². The van der Waals surface area contributed by atoms with Crippen LogP contribution in [-0.2, 0) is 13.0 Å². The molecule has 3 nitrogen and oxygen atoms in total. The van der Waals surface area contributed by atoms with Gasteiger partial charge in [0.25, 0.3) is 0 Å². The number of anilines is 1. The average Bonchev–Trinajstić information content (AvgIpc) is 2.77. The Labute approximate surface area is 121 Å². The Bertz CT molecular complexity index is 569. The van der Waals surface area contributed by atoms with E-state index in [1.807, 2.05) is 12.1 Å². The molecule has 0 aliphatic heterocycles. The number of imidazole rings is 1. The van der Waals surface area contributed by atoms with Crippen molar-refractivity contribution in [2.45, 2.75) is 39.2 Å². The zero-order chi connectivity index (χ0) is 14.5. The Morgan fingerprint density at radius 2 is 2.05 bits per heavy atom. The summed E-state index contributed by atoms with van der Waals surface area (Å²) in [6.45, 7) is 8.84. The molecule has 2 rings (SSSR count). The summed E-state index contributed by atoms with van der Waals surface area (Å²) in [5, 5.41) is 0. The smallest absolute Gasteiger partial charge is 0.127 e. The number of nitrogens with zero attached hydrogens (tertiary/aromatic N) is 2. The predicted octanol–water partition coefficient (Wildman–Crippen LogP) is 3.76. The van der Waals surface area contributed by atoms with Gasteiger partial charge in [0.05, 0.1) is 5.69 Å². The SMILES string of the molecule is C=CCn1c(CCC)nc(C(C)c2ccccc2)c1N. The van der Waals surface area contributed by atoms with Gasteiger partial charge in [-0.2, -0.15) is 0 Å². The van der Waals surface area contributed by atoms with Crippen molar-refractivity contribution >= 4 is 5.82 Å². The van der Waals surface area contributed by atoms with Gasteiger partial charge in [-0.25, -0.2) is 4.98 Å². The van der Waals surface area contributed by atoms with Gasteiger partial charge in [0, 0.05) is 18.9 Å². The second-order valence-electron chi connectivity index (χ2n) is 5.08. The monoisotopic (exact) mass is 269 g/mol. The van der Waals surface area contributed by atoms with Crippen LogP contribution >= 0.6 is 0 Å². The highest BCUT2D eigenvalue weighted by molar-refractivity contribution is 5.45. The Morgan fingerprint density at radius 3 is 2.65 bits per heavy atom. The summed E-state index contributed by atoms with van der Waals surface area (Å²) in [5.74, 6) is 2.03. The Kier molecular flexibility index (Phi) is 4.61. The highest BCUT2D eigenvalue weighted by Gasteiger charge is 2.19. The van der Waals surface area contributed by atoms with Gasteiger partial charge >= 0.3 is 0 Å². The lowest BCUT2D eigenvalue weighted by atomic mass is 9.98. The van der Waals surface area contributed by atoms with Gasteiger partial charge in [0.2, 0.25) is 0 Å². The number of aromatic nitrogens is 2. The van der Waals surface area contributed by atoms with E-state index in [1.54, 1.807) is 0 Å². The maximum absolute atomic E-state index is 6.31. The third-order valence-electron chi connectivity index (χ3n) is 3.61. The molecule has 0 saturated carbocycles. The van der Waals surface area contributed by atoms with Crippen LogP contribution in [0.3, 0.4) is 0 Å². The standard InChI is InChI=1S/C17H23N3/c1-4-9-15-19-16(17(18)20(15)12-5-2)13(3)14-10-7-6-8-11-14/h5-8,10-11,13H,2,4,9,12,18H2,1,3H3. The van der Waals surface area contributed by atoms with Crippen molar-refractivity contribution in [3.63, 3.8) is 0 Å². The van der Waals surface area contributed by atoms with Crippen LogP contribution in [0.25, 0.3) is 0 Å². The minimum Gasteiger partial charge on any atom is -0.384 e. The summed E-state index contributed by atoms with van der Waals surface area (Å²) in [5.41, 5.74) is 8.53. The summed E-state index contributed by atoms with van der Waals surface area (Å²) in [4.78, 5) is 4.78. The normalized spacial score (nSPS) is 12.3. The molecule has 0 aliphatic carbocycles. The Hall–Kier alpha value is -2.03. The summed E-state index contributed by atoms with van der Waals surface area (Å²) >= 11 is 0. The lowest BCUT2D eigenvalue weighted by Gasteiger charge is -2.11. The Balaban J connectivity index is 2.41. The fourth-order valence-corrected chi connectivity index (χ4v) is 2.50. The van der Waals surface area contributed by atoms with Crippen LogP contribution < -0.4 is 5.73 Å². The van der Waals surface area contributed by atoms with E-state index in [2.05, 4.69) is 49.3 Å². The van der Waals surface area contributed by atoms with Crippen LogP contribution in [0.2, 0.25) is 0 Å². The van der Waals surface area contributed by atoms with E-state index in [0.29, 0.717) is 0 Å². The number of hydrogen-bond donors (Lipinski definition) is 1. The fourth-order valence-electron chi connectivity index (χ4n) is 2.50.